The Balaban J connectivity index is 2.97. The molecule has 4 heteroatoms. The van der Waals surface area contributed by atoms with Crippen LogP contribution >= 0.6 is 11.8 Å². The highest BCUT2D eigenvalue weighted by atomic mass is 32.2. The summed E-state index contributed by atoms with van der Waals surface area (Å²) in [6, 6.07) is 3.87. The highest BCUT2D eigenvalue weighted by Gasteiger charge is 2.12. The maximum absolute atomic E-state index is 5.27. The van der Waals surface area contributed by atoms with E-state index in [1.54, 1.807) is 33.1 Å². The van der Waals surface area contributed by atoms with Crippen LogP contribution in [-0.4, -0.2) is 27.1 Å². The minimum atomic E-state index is 0.612. The number of rotatable bonds is 6. The number of hydrogen-bond donors (Lipinski definition) is 0. The molecule has 0 atom stereocenters. The Labute approximate surface area is 106 Å². The van der Waals surface area contributed by atoms with E-state index in [9.17, 15) is 0 Å². The molecule has 0 N–H and O–H groups in total. The molecule has 0 heterocycles. The maximum Gasteiger partial charge on any atom is 0.203 e. The zero-order chi connectivity index (χ0) is 12.7. The molecule has 17 heavy (non-hydrogen) atoms. The lowest BCUT2D eigenvalue weighted by Gasteiger charge is -2.13. The molecule has 0 fully saturated rings. The first-order valence-electron chi connectivity index (χ1n) is 5.06. The van der Waals surface area contributed by atoms with E-state index in [1.165, 1.54) is 0 Å². The lowest BCUT2D eigenvalue weighted by molar-refractivity contribution is 0.324. The summed E-state index contributed by atoms with van der Waals surface area (Å²) >= 11 is 1.67. The largest absolute Gasteiger partial charge is 0.493 e. The topological polar surface area (TPSA) is 27.7 Å². The van der Waals surface area contributed by atoms with Crippen molar-refractivity contribution in [1.29, 1.82) is 0 Å². The van der Waals surface area contributed by atoms with E-state index < -0.39 is 0 Å². The van der Waals surface area contributed by atoms with Crippen LogP contribution < -0.4 is 14.2 Å². The first-order valence-corrected chi connectivity index (χ1v) is 6.22. The molecule has 0 aliphatic carbocycles. The molecular weight excluding hydrogens is 236 g/mol. The monoisotopic (exact) mass is 252 g/mol. The molecule has 0 bridgehead atoms. The van der Waals surface area contributed by atoms with Gasteiger partial charge in [-0.25, -0.2) is 0 Å². The van der Waals surface area contributed by atoms with Crippen molar-refractivity contribution < 1.29 is 14.2 Å². The Morgan fingerprint density at radius 3 is 2.12 bits per heavy atom. The molecule has 1 rings (SSSR count). The van der Waals surface area contributed by atoms with Crippen LogP contribution in [0.15, 0.2) is 12.1 Å². The summed E-state index contributed by atoms with van der Waals surface area (Å²) in [4.78, 5) is 0. The Kier molecular flexibility index (Phi) is 5.58. The van der Waals surface area contributed by atoms with Crippen LogP contribution in [0.1, 0.15) is 5.56 Å². The molecule has 0 aliphatic heterocycles. The number of thioether (sulfide) groups is 1. The first-order chi connectivity index (χ1) is 8.26. The van der Waals surface area contributed by atoms with E-state index in [0.29, 0.717) is 23.0 Å². The second-order valence-corrected chi connectivity index (χ2v) is 4.22. The molecule has 0 aliphatic rings. The fourth-order valence-corrected chi connectivity index (χ4v) is 2.07. The van der Waals surface area contributed by atoms with Gasteiger partial charge >= 0.3 is 0 Å². The van der Waals surface area contributed by atoms with Crippen molar-refractivity contribution in [2.75, 3.05) is 27.1 Å². The van der Waals surface area contributed by atoms with E-state index in [4.69, 9.17) is 20.6 Å². The first kappa shape index (κ1) is 13.6. The zero-order valence-corrected chi connectivity index (χ0v) is 11.1. The van der Waals surface area contributed by atoms with Gasteiger partial charge in [0.1, 0.15) is 0 Å². The number of methoxy groups -OCH3 is 3. The van der Waals surface area contributed by atoms with Crippen LogP contribution in [0.2, 0.25) is 0 Å². The molecular formula is C13H16O3S. The van der Waals surface area contributed by atoms with E-state index in [0.717, 1.165) is 11.3 Å². The van der Waals surface area contributed by atoms with Gasteiger partial charge in [0.25, 0.3) is 0 Å². The number of terminal acetylenes is 1. The molecule has 1 aromatic rings. The highest BCUT2D eigenvalue weighted by molar-refractivity contribution is 7.98. The Morgan fingerprint density at radius 2 is 1.71 bits per heavy atom. The average Bonchev–Trinajstić information content (AvgIpc) is 2.37. The molecule has 0 spiro atoms. The molecule has 0 saturated carbocycles. The van der Waals surface area contributed by atoms with Gasteiger partial charge in [-0.15, -0.1) is 18.2 Å². The summed E-state index contributed by atoms with van der Waals surface area (Å²) in [6.45, 7) is 0. The van der Waals surface area contributed by atoms with Crippen molar-refractivity contribution in [3.63, 3.8) is 0 Å². The molecule has 0 saturated heterocycles. The standard InChI is InChI=1S/C13H16O3S/c1-5-6-17-9-10-7-11(14-2)13(16-4)12(8-10)15-3/h1,7-8H,6,9H2,2-4H3. The lowest BCUT2D eigenvalue weighted by atomic mass is 10.2. The molecule has 0 aromatic heterocycles. The Bertz CT molecular complexity index is 385. The van der Waals surface area contributed by atoms with Crippen LogP contribution in [0.4, 0.5) is 0 Å². The number of ether oxygens (including phenoxy) is 3. The van der Waals surface area contributed by atoms with Crippen molar-refractivity contribution in [1.82, 2.24) is 0 Å². The SMILES string of the molecule is C#CCSCc1cc(OC)c(OC)c(OC)c1. The van der Waals surface area contributed by atoms with Gasteiger partial charge in [-0.05, 0) is 17.7 Å². The van der Waals surface area contributed by atoms with Crippen molar-refractivity contribution in [2.24, 2.45) is 0 Å². The number of benzene rings is 1. The van der Waals surface area contributed by atoms with Crippen molar-refractivity contribution in [3.05, 3.63) is 17.7 Å². The average molecular weight is 252 g/mol. The van der Waals surface area contributed by atoms with Crippen LogP contribution in [0.5, 0.6) is 17.2 Å². The van der Waals surface area contributed by atoms with Gasteiger partial charge in [-0.3, -0.25) is 0 Å². The minimum absolute atomic E-state index is 0.612. The Morgan fingerprint density at radius 1 is 1.12 bits per heavy atom. The molecule has 0 unspecified atom stereocenters. The quantitative estimate of drug-likeness (QED) is 0.574. The lowest BCUT2D eigenvalue weighted by Crippen LogP contribution is -1.96. The molecule has 92 valence electrons. The minimum Gasteiger partial charge on any atom is -0.493 e. The summed E-state index contributed by atoms with van der Waals surface area (Å²) in [5, 5.41) is 0. The third-order valence-electron chi connectivity index (χ3n) is 2.18. The fraction of sp³-hybridized carbons (Fsp3) is 0.385. The normalized spacial score (nSPS) is 9.53. The van der Waals surface area contributed by atoms with E-state index >= 15 is 0 Å². The molecule has 0 amide bonds. The second kappa shape index (κ2) is 6.97. The summed E-state index contributed by atoms with van der Waals surface area (Å²) < 4.78 is 15.8. The zero-order valence-electron chi connectivity index (χ0n) is 10.3. The van der Waals surface area contributed by atoms with Crippen molar-refractivity contribution >= 4 is 11.8 Å². The third-order valence-corrected chi connectivity index (χ3v) is 3.09. The molecule has 0 radical (unpaired) electrons. The van der Waals surface area contributed by atoms with E-state index in [2.05, 4.69) is 5.92 Å². The smallest absolute Gasteiger partial charge is 0.203 e. The third kappa shape index (κ3) is 3.50. The van der Waals surface area contributed by atoms with Crippen LogP contribution in [0.3, 0.4) is 0 Å². The van der Waals surface area contributed by atoms with E-state index in [-0.39, 0.29) is 0 Å². The van der Waals surface area contributed by atoms with Crippen LogP contribution in [0, 0.1) is 12.3 Å². The Hall–Kier alpha value is -1.47. The van der Waals surface area contributed by atoms with Gasteiger partial charge in [0.2, 0.25) is 5.75 Å². The predicted octanol–water partition coefficient (Wildman–Crippen LogP) is 2.58. The maximum atomic E-state index is 5.27. The highest BCUT2D eigenvalue weighted by Crippen LogP contribution is 2.38. The second-order valence-electron chi connectivity index (χ2n) is 3.23. The van der Waals surface area contributed by atoms with Gasteiger partial charge in [-0.2, -0.15) is 0 Å². The van der Waals surface area contributed by atoms with Crippen LogP contribution in [-0.2, 0) is 5.75 Å². The fourth-order valence-electron chi connectivity index (χ4n) is 1.45. The predicted molar refractivity (Wildman–Crippen MR) is 71.1 cm³/mol. The van der Waals surface area contributed by atoms with Crippen molar-refractivity contribution in [2.45, 2.75) is 5.75 Å². The van der Waals surface area contributed by atoms with E-state index in [1.807, 2.05) is 12.1 Å². The summed E-state index contributed by atoms with van der Waals surface area (Å²) in [5.41, 5.74) is 1.10. The number of hydrogen-bond acceptors (Lipinski definition) is 4. The van der Waals surface area contributed by atoms with Crippen LogP contribution in [0.25, 0.3) is 0 Å². The summed E-state index contributed by atoms with van der Waals surface area (Å²) in [6.07, 6.45) is 5.21. The van der Waals surface area contributed by atoms with Gasteiger partial charge in [0.05, 0.1) is 27.1 Å². The summed E-state index contributed by atoms with van der Waals surface area (Å²) in [5.74, 6) is 6.06. The van der Waals surface area contributed by atoms with Gasteiger partial charge in [0.15, 0.2) is 11.5 Å². The summed E-state index contributed by atoms with van der Waals surface area (Å²) in [7, 11) is 4.80. The molecule has 1 aromatic carbocycles. The van der Waals surface area contributed by atoms with Crippen molar-refractivity contribution in [3.8, 4) is 29.6 Å². The molecule has 3 nitrogen and oxygen atoms in total. The van der Waals surface area contributed by atoms with Gasteiger partial charge < -0.3 is 14.2 Å². The van der Waals surface area contributed by atoms with Gasteiger partial charge in [0, 0.05) is 5.75 Å². The van der Waals surface area contributed by atoms with Gasteiger partial charge in [-0.1, -0.05) is 5.92 Å².